The first-order valence-electron chi connectivity index (χ1n) is 8.22. The molecular formula is C16H31NO2. The summed E-state index contributed by atoms with van der Waals surface area (Å²) in [6.45, 7) is 6.04. The van der Waals surface area contributed by atoms with Crippen LogP contribution in [0.25, 0.3) is 0 Å². The van der Waals surface area contributed by atoms with Crippen molar-refractivity contribution >= 4 is 0 Å². The van der Waals surface area contributed by atoms with Crippen molar-refractivity contribution in [2.24, 2.45) is 0 Å². The Morgan fingerprint density at radius 3 is 2.32 bits per heavy atom. The highest BCUT2D eigenvalue weighted by molar-refractivity contribution is 4.83. The normalized spacial score (nSPS) is 29.4. The summed E-state index contributed by atoms with van der Waals surface area (Å²) in [7, 11) is 1.80. The lowest BCUT2D eigenvalue weighted by molar-refractivity contribution is -0.126. The van der Waals surface area contributed by atoms with Crippen LogP contribution < -0.4 is 0 Å². The molecule has 1 heterocycles. The van der Waals surface area contributed by atoms with Gasteiger partial charge in [-0.25, -0.2) is 0 Å². The predicted molar refractivity (Wildman–Crippen MR) is 78.5 cm³/mol. The summed E-state index contributed by atoms with van der Waals surface area (Å²) in [6, 6.07) is 0. The van der Waals surface area contributed by atoms with E-state index in [1.165, 1.54) is 58.2 Å². The molecule has 0 atom stereocenters. The summed E-state index contributed by atoms with van der Waals surface area (Å²) in [6.07, 6.45) is 11.6. The van der Waals surface area contributed by atoms with Crippen molar-refractivity contribution in [1.29, 1.82) is 0 Å². The molecule has 2 aliphatic rings. The molecule has 0 amide bonds. The maximum atomic E-state index is 6.14. The van der Waals surface area contributed by atoms with Gasteiger partial charge in [-0.15, -0.1) is 0 Å². The summed E-state index contributed by atoms with van der Waals surface area (Å²) >= 11 is 0. The molecule has 112 valence electrons. The fourth-order valence-corrected chi connectivity index (χ4v) is 3.12. The lowest BCUT2D eigenvalue weighted by Crippen LogP contribution is -2.43. The second kappa shape index (κ2) is 8.23. The van der Waals surface area contributed by atoms with Crippen LogP contribution in [-0.2, 0) is 9.47 Å². The van der Waals surface area contributed by atoms with E-state index < -0.39 is 0 Å². The van der Waals surface area contributed by atoms with E-state index in [1.807, 2.05) is 0 Å². The van der Waals surface area contributed by atoms with Gasteiger partial charge in [-0.3, -0.25) is 0 Å². The molecule has 0 radical (unpaired) electrons. The zero-order valence-electron chi connectivity index (χ0n) is 12.8. The molecule has 1 saturated heterocycles. The van der Waals surface area contributed by atoms with Crippen LogP contribution in [0.1, 0.15) is 58.3 Å². The zero-order valence-corrected chi connectivity index (χ0v) is 12.8. The minimum absolute atomic E-state index is 0.462. The number of hydrogen-bond acceptors (Lipinski definition) is 3. The number of piperidine rings is 1. The first-order valence-corrected chi connectivity index (χ1v) is 8.22. The molecular weight excluding hydrogens is 238 g/mol. The van der Waals surface area contributed by atoms with E-state index in [0.717, 1.165) is 12.8 Å². The lowest BCUT2D eigenvalue weighted by atomic mass is 9.91. The first kappa shape index (κ1) is 15.3. The average Bonchev–Trinajstić information content (AvgIpc) is 2.40. The molecule has 2 fully saturated rings. The molecule has 0 aromatic carbocycles. The van der Waals surface area contributed by atoms with Crippen LogP contribution in [0.2, 0.25) is 0 Å². The SMILES string of the molecule is CCCCCCN1CCC(O[C@H]2C[C@H](OC)C2)CC1. The van der Waals surface area contributed by atoms with Crippen molar-refractivity contribution in [1.82, 2.24) is 4.90 Å². The number of methoxy groups -OCH3 is 1. The van der Waals surface area contributed by atoms with Gasteiger partial charge in [-0.2, -0.15) is 0 Å². The van der Waals surface area contributed by atoms with Gasteiger partial charge in [0.1, 0.15) is 0 Å². The third-order valence-corrected chi connectivity index (χ3v) is 4.63. The van der Waals surface area contributed by atoms with Crippen LogP contribution >= 0.6 is 0 Å². The molecule has 3 nitrogen and oxygen atoms in total. The van der Waals surface area contributed by atoms with Gasteiger partial charge in [-0.1, -0.05) is 26.2 Å². The van der Waals surface area contributed by atoms with E-state index in [-0.39, 0.29) is 0 Å². The lowest BCUT2D eigenvalue weighted by Gasteiger charge is -2.39. The highest BCUT2D eigenvalue weighted by Gasteiger charge is 2.32. The standard InChI is InChI=1S/C16H31NO2/c1-3-4-5-6-9-17-10-7-14(8-11-17)19-16-12-15(13-16)18-2/h14-16H,3-13H2,1-2H3/t15-,16-. The van der Waals surface area contributed by atoms with Crippen molar-refractivity contribution in [2.75, 3.05) is 26.7 Å². The fraction of sp³-hybridized carbons (Fsp3) is 1.00. The maximum Gasteiger partial charge on any atom is 0.0628 e. The van der Waals surface area contributed by atoms with Crippen LogP contribution in [0, 0.1) is 0 Å². The summed E-state index contributed by atoms with van der Waals surface area (Å²) in [5, 5.41) is 0. The van der Waals surface area contributed by atoms with Crippen LogP contribution in [0.4, 0.5) is 0 Å². The third kappa shape index (κ3) is 5.05. The van der Waals surface area contributed by atoms with E-state index >= 15 is 0 Å². The minimum Gasteiger partial charge on any atom is -0.381 e. The molecule has 1 saturated carbocycles. The maximum absolute atomic E-state index is 6.14. The Labute approximate surface area is 118 Å². The molecule has 19 heavy (non-hydrogen) atoms. The topological polar surface area (TPSA) is 21.7 Å². The Hall–Kier alpha value is -0.120. The zero-order chi connectivity index (χ0) is 13.5. The Balaban J connectivity index is 1.50. The molecule has 0 aromatic heterocycles. The molecule has 0 N–H and O–H groups in total. The highest BCUT2D eigenvalue weighted by atomic mass is 16.5. The van der Waals surface area contributed by atoms with Crippen LogP contribution in [0.5, 0.6) is 0 Å². The molecule has 1 aliphatic carbocycles. The Kier molecular flexibility index (Phi) is 6.62. The molecule has 0 bridgehead atoms. The number of unbranched alkanes of at least 4 members (excludes halogenated alkanes) is 3. The Morgan fingerprint density at radius 2 is 1.68 bits per heavy atom. The molecule has 0 spiro atoms. The first-order chi connectivity index (χ1) is 9.31. The van der Waals surface area contributed by atoms with Crippen molar-refractivity contribution in [3.05, 3.63) is 0 Å². The van der Waals surface area contributed by atoms with Crippen molar-refractivity contribution < 1.29 is 9.47 Å². The van der Waals surface area contributed by atoms with E-state index in [9.17, 15) is 0 Å². The quantitative estimate of drug-likeness (QED) is 0.632. The predicted octanol–water partition coefficient (Wildman–Crippen LogP) is 3.23. The van der Waals surface area contributed by atoms with Gasteiger partial charge in [0, 0.05) is 20.2 Å². The monoisotopic (exact) mass is 269 g/mol. The van der Waals surface area contributed by atoms with E-state index in [4.69, 9.17) is 9.47 Å². The van der Waals surface area contributed by atoms with Gasteiger partial charge >= 0.3 is 0 Å². The highest BCUT2D eigenvalue weighted by Crippen LogP contribution is 2.29. The average molecular weight is 269 g/mol. The second-order valence-electron chi connectivity index (χ2n) is 6.19. The smallest absolute Gasteiger partial charge is 0.0628 e. The molecule has 2 rings (SSSR count). The number of rotatable bonds is 8. The van der Waals surface area contributed by atoms with Gasteiger partial charge in [0.15, 0.2) is 0 Å². The van der Waals surface area contributed by atoms with Crippen molar-refractivity contribution in [3.8, 4) is 0 Å². The summed E-state index contributed by atoms with van der Waals surface area (Å²) in [5.41, 5.74) is 0. The van der Waals surface area contributed by atoms with Crippen molar-refractivity contribution in [3.63, 3.8) is 0 Å². The van der Waals surface area contributed by atoms with Gasteiger partial charge in [0.2, 0.25) is 0 Å². The Bertz CT molecular complexity index is 233. The van der Waals surface area contributed by atoms with Gasteiger partial charge in [0.25, 0.3) is 0 Å². The van der Waals surface area contributed by atoms with E-state index in [1.54, 1.807) is 7.11 Å². The molecule has 0 unspecified atom stereocenters. The minimum atomic E-state index is 0.462. The van der Waals surface area contributed by atoms with Crippen LogP contribution in [-0.4, -0.2) is 50.0 Å². The number of likely N-dealkylation sites (tertiary alicyclic amines) is 1. The number of nitrogens with zero attached hydrogens (tertiary/aromatic N) is 1. The Morgan fingerprint density at radius 1 is 0.947 bits per heavy atom. The van der Waals surface area contributed by atoms with Gasteiger partial charge in [-0.05, 0) is 38.6 Å². The van der Waals surface area contributed by atoms with E-state index in [2.05, 4.69) is 11.8 Å². The fourth-order valence-electron chi connectivity index (χ4n) is 3.12. The number of hydrogen-bond donors (Lipinski definition) is 0. The molecule has 1 aliphatic heterocycles. The summed E-state index contributed by atoms with van der Waals surface area (Å²) in [5.74, 6) is 0. The third-order valence-electron chi connectivity index (χ3n) is 4.63. The van der Waals surface area contributed by atoms with Gasteiger partial charge < -0.3 is 14.4 Å². The van der Waals surface area contributed by atoms with Crippen LogP contribution in [0.15, 0.2) is 0 Å². The van der Waals surface area contributed by atoms with E-state index in [0.29, 0.717) is 18.3 Å². The second-order valence-corrected chi connectivity index (χ2v) is 6.19. The molecule has 0 aromatic rings. The largest absolute Gasteiger partial charge is 0.381 e. The van der Waals surface area contributed by atoms with Gasteiger partial charge in [0.05, 0.1) is 18.3 Å². The number of ether oxygens (including phenoxy) is 2. The van der Waals surface area contributed by atoms with Crippen molar-refractivity contribution in [2.45, 2.75) is 76.6 Å². The van der Waals surface area contributed by atoms with Crippen LogP contribution in [0.3, 0.4) is 0 Å². The molecule has 3 heteroatoms. The summed E-state index contributed by atoms with van der Waals surface area (Å²) in [4.78, 5) is 2.62. The summed E-state index contributed by atoms with van der Waals surface area (Å²) < 4.78 is 11.4.